The van der Waals surface area contributed by atoms with Crippen LogP contribution >= 0.6 is 0 Å². The Balaban J connectivity index is 4.57. The second-order valence-corrected chi connectivity index (χ2v) is 4.16. The number of hydrogen-bond donors (Lipinski definition) is 0. The van der Waals surface area contributed by atoms with Crippen LogP contribution in [0.4, 0.5) is 0 Å². The highest BCUT2D eigenvalue weighted by molar-refractivity contribution is 5.93. The third kappa shape index (κ3) is 3.51. The Morgan fingerprint density at radius 1 is 1.25 bits per heavy atom. The molecule has 68 valence electrons. The molecular formula is C11H18O. The average Bonchev–Trinajstić information content (AvgIpc) is 1.85. The molecule has 0 fully saturated rings. The number of hydrogen-bond acceptors (Lipinski definition) is 1. The number of Topliss-reactive ketones (excluding diaryl/α,β-unsaturated/α-hetero) is 1. The second kappa shape index (κ2) is 3.70. The molecule has 0 rings (SSSR count). The van der Waals surface area contributed by atoms with Gasteiger partial charge in [0.2, 0.25) is 0 Å². The average molecular weight is 166 g/mol. The van der Waals surface area contributed by atoms with E-state index < -0.39 is 0 Å². The van der Waals surface area contributed by atoms with E-state index in [1.54, 1.807) is 6.92 Å². The van der Waals surface area contributed by atoms with Crippen LogP contribution in [0.5, 0.6) is 0 Å². The summed E-state index contributed by atoms with van der Waals surface area (Å²) in [6.07, 6.45) is 1.86. The first-order valence-electron chi connectivity index (χ1n) is 4.14. The van der Waals surface area contributed by atoms with Crippen LogP contribution in [0.15, 0.2) is 23.8 Å². The number of ketones is 1. The third-order valence-corrected chi connectivity index (χ3v) is 1.91. The summed E-state index contributed by atoms with van der Waals surface area (Å²) >= 11 is 0. The van der Waals surface area contributed by atoms with Crippen molar-refractivity contribution in [3.8, 4) is 0 Å². The molecule has 0 aliphatic carbocycles. The molecule has 0 saturated heterocycles. The van der Waals surface area contributed by atoms with E-state index in [2.05, 4.69) is 27.4 Å². The van der Waals surface area contributed by atoms with Gasteiger partial charge in [-0.05, 0) is 30.4 Å². The summed E-state index contributed by atoms with van der Waals surface area (Å²) in [5, 5.41) is 0. The minimum atomic E-state index is 0.0523. The summed E-state index contributed by atoms with van der Waals surface area (Å²) in [7, 11) is 0. The fourth-order valence-corrected chi connectivity index (χ4v) is 0.579. The van der Waals surface area contributed by atoms with Crippen molar-refractivity contribution < 1.29 is 4.79 Å². The summed E-state index contributed by atoms with van der Waals surface area (Å²) in [6.45, 7) is 13.6. The largest absolute Gasteiger partial charge is 0.295 e. The van der Waals surface area contributed by atoms with E-state index in [-0.39, 0.29) is 11.2 Å². The molecule has 0 aliphatic heterocycles. The van der Waals surface area contributed by atoms with Crippen molar-refractivity contribution in [2.75, 3.05) is 0 Å². The standard InChI is InChI=1S/C11H18O/c1-8(10(3)12)7-9(2)11(4,5)6/h7H,2H2,1,3-6H3. The second-order valence-electron chi connectivity index (χ2n) is 4.16. The molecule has 0 bridgehead atoms. The van der Waals surface area contributed by atoms with E-state index in [1.807, 2.05) is 13.0 Å². The summed E-state index contributed by atoms with van der Waals surface area (Å²) in [5.74, 6) is 0.111. The van der Waals surface area contributed by atoms with Crippen LogP contribution in [0, 0.1) is 5.41 Å². The molecule has 0 heterocycles. The van der Waals surface area contributed by atoms with Crippen LogP contribution in [0.1, 0.15) is 34.6 Å². The van der Waals surface area contributed by atoms with Gasteiger partial charge in [-0.1, -0.05) is 33.4 Å². The molecule has 1 heteroatoms. The molecule has 1 nitrogen and oxygen atoms in total. The van der Waals surface area contributed by atoms with Crippen molar-refractivity contribution in [3.05, 3.63) is 23.8 Å². The molecule has 0 amide bonds. The van der Waals surface area contributed by atoms with E-state index >= 15 is 0 Å². The molecule has 12 heavy (non-hydrogen) atoms. The summed E-state index contributed by atoms with van der Waals surface area (Å²) in [6, 6.07) is 0. The van der Waals surface area contributed by atoms with Gasteiger partial charge in [-0.15, -0.1) is 0 Å². The van der Waals surface area contributed by atoms with Crippen molar-refractivity contribution in [2.45, 2.75) is 34.6 Å². The number of allylic oxidation sites excluding steroid dienone is 3. The molecule has 0 spiro atoms. The van der Waals surface area contributed by atoms with Gasteiger partial charge >= 0.3 is 0 Å². The van der Waals surface area contributed by atoms with Crippen LogP contribution in [0.3, 0.4) is 0 Å². The smallest absolute Gasteiger partial charge is 0.155 e. The number of carbonyl (C=O) groups excluding carboxylic acids is 1. The van der Waals surface area contributed by atoms with Crippen LogP contribution in [-0.4, -0.2) is 5.78 Å². The number of rotatable bonds is 2. The minimum absolute atomic E-state index is 0.0523. The molecule has 0 aromatic rings. The maximum Gasteiger partial charge on any atom is 0.155 e. The molecule has 0 aliphatic rings. The third-order valence-electron chi connectivity index (χ3n) is 1.91. The van der Waals surface area contributed by atoms with Crippen molar-refractivity contribution in [3.63, 3.8) is 0 Å². The Kier molecular flexibility index (Phi) is 3.44. The molecular weight excluding hydrogens is 148 g/mol. The zero-order valence-electron chi connectivity index (χ0n) is 8.69. The topological polar surface area (TPSA) is 17.1 Å². The SMILES string of the molecule is C=C(C=C(C)C(C)=O)C(C)(C)C. The molecule has 0 radical (unpaired) electrons. The van der Waals surface area contributed by atoms with E-state index in [0.29, 0.717) is 0 Å². The summed E-state index contributed by atoms with van der Waals surface area (Å²) in [5.41, 5.74) is 1.82. The highest BCUT2D eigenvalue weighted by atomic mass is 16.1. The fraction of sp³-hybridized carbons (Fsp3) is 0.545. The zero-order valence-corrected chi connectivity index (χ0v) is 8.69. The Bertz CT molecular complexity index is 226. The Labute approximate surface area is 75.2 Å². The van der Waals surface area contributed by atoms with Gasteiger partial charge < -0.3 is 0 Å². The van der Waals surface area contributed by atoms with Gasteiger partial charge in [-0.3, -0.25) is 4.79 Å². The first-order valence-corrected chi connectivity index (χ1v) is 4.14. The molecule has 0 N–H and O–H groups in total. The van der Waals surface area contributed by atoms with Gasteiger partial charge in [0, 0.05) is 0 Å². The zero-order chi connectivity index (χ0) is 9.94. The highest BCUT2D eigenvalue weighted by Crippen LogP contribution is 2.25. The Morgan fingerprint density at radius 2 is 1.67 bits per heavy atom. The van der Waals surface area contributed by atoms with Crippen molar-refractivity contribution in [2.24, 2.45) is 5.41 Å². The van der Waals surface area contributed by atoms with Gasteiger partial charge in [-0.25, -0.2) is 0 Å². The molecule has 0 aromatic carbocycles. The lowest BCUT2D eigenvalue weighted by molar-refractivity contribution is -0.113. The quantitative estimate of drug-likeness (QED) is 0.455. The normalized spacial score (nSPS) is 12.9. The molecule has 0 unspecified atom stereocenters. The van der Waals surface area contributed by atoms with E-state index in [0.717, 1.165) is 11.1 Å². The predicted molar refractivity (Wildman–Crippen MR) is 53.0 cm³/mol. The van der Waals surface area contributed by atoms with Gasteiger partial charge in [0.05, 0.1) is 0 Å². The molecule has 0 aromatic heterocycles. The lowest BCUT2D eigenvalue weighted by Crippen LogP contribution is -2.07. The van der Waals surface area contributed by atoms with Crippen LogP contribution < -0.4 is 0 Å². The van der Waals surface area contributed by atoms with E-state index in [1.165, 1.54) is 0 Å². The minimum Gasteiger partial charge on any atom is -0.295 e. The lowest BCUT2D eigenvalue weighted by Gasteiger charge is -2.19. The molecule has 0 saturated carbocycles. The summed E-state index contributed by atoms with van der Waals surface area (Å²) in [4.78, 5) is 10.9. The van der Waals surface area contributed by atoms with Crippen molar-refractivity contribution >= 4 is 5.78 Å². The van der Waals surface area contributed by atoms with Crippen LogP contribution in [-0.2, 0) is 4.79 Å². The number of carbonyl (C=O) groups is 1. The fourth-order valence-electron chi connectivity index (χ4n) is 0.579. The monoisotopic (exact) mass is 166 g/mol. The van der Waals surface area contributed by atoms with Crippen LogP contribution in [0.25, 0.3) is 0 Å². The van der Waals surface area contributed by atoms with E-state index in [9.17, 15) is 4.79 Å². The first-order chi connectivity index (χ1) is 5.25. The predicted octanol–water partition coefficient (Wildman–Crippen LogP) is 3.12. The lowest BCUT2D eigenvalue weighted by atomic mass is 9.86. The van der Waals surface area contributed by atoms with Crippen LogP contribution in [0.2, 0.25) is 0 Å². The maximum absolute atomic E-state index is 10.9. The Morgan fingerprint density at radius 3 is 1.92 bits per heavy atom. The maximum atomic E-state index is 10.9. The van der Waals surface area contributed by atoms with E-state index in [4.69, 9.17) is 0 Å². The van der Waals surface area contributed by atoms with Crippen molar-refractivity contribution in [1.29, 1.82) is 0 Å². The van der Waals surface area contributed by atoms with Gasteiger partial charge in [0.1, 0.15) is 0 Å². The Hall–Kier alpha value is -0.850. The first kappa shape index (κ1) is 11.2. The van der Waals surface area contributed by atoms with Gasteiger partial charge in [0.15, 0.2) is 5.78 Å². The van der Waals surface area contributed by atoms with Crippen molar-refractivity contribution in [1.82, 2.24) is 0 Å². The van der Waals surface area contributed by atoms with Gasteiger partial charge in [0.25, 0.3) is 0 Å². The molecule has 0 atom stereocenters. The highest BCUT2D eigenvalue weighted by Gasteiger charge is 2.13. The summed E-state index contributed by atoms with van der Waals surface area (Å²) < 4.78 is 0. The van der Waals surface area contributed by atoms with Gasteiger partial charge in [-0.2, -0.15) is 0 Å².